The van der Waals surface area contributed by atoms with E-state index in [1.807, 2.05) is 0 Å². The SMILES string of the molecule is CC/C=C\C/C=C\C/C=C\C/C=C\C/C=C\C/C=C\C/C=C\CCCC(=O)OCC(COC(=O)CCCCCCCCCCCCCCCCCCCCCCC)OC(=O)CCCCCCCCCCC/C=C\CCCCCCCCCC. The van der Waals surface area contributed by atoms with Gasteiger partial charge in [-0.05, 0) is 96.3 Å². The Balaban J connectivity index is 4.45. The molecule has 0 aliphatic rings. The Morgan fingerprint density at radius 3 is 0.795 bits per heavy atom. The summed E-state index contributed by atoms with van der Waals surface area (Å²) in [5.74, 6) is -0.939. The van der Waals surface area contributed by atoms with E-state index in [9.17, 15) is 14.4 Å². The highest BCUT2D eigenvalue weighted by molar-refractivity contribution is 5.71. The Morgan fingerprint density at radius 1 is 0.253 bits per heavy atom. The molecule has 0 aromatic rings. The first-order valence-electron chi connectivity index (χ1n) is 35.7. The number of unbranched alkanes of at least 4 members (excludes halogenated alkanes) is 38. The predicted molar refractivity (Wildman–Crippen MR) is 362 cm³/mol. The third-order valence-corrected chi connectivity index (χ3v) is 15.6. The smallest absolute Gasteiger partial charge is 0.306 e. The van der Waals surface area contributed by atoms with Gasteiger partial charge >= 0.3 is 17.9 Å². The van der Waals surface area contributed by atoms with Crippen LogP contribution in [-0.2, 0) is 28.6 Å². The maximum atomic E-state index is 13.0. The van der Waals surface area contributed by atoms with Crippen LogP contribution in [0.3, 0.4) is 0 Å². The van der Waals surface area contributed by atoms with Crippen LogP contribution in [0.2, 0.25) is 0 Å². The van der Waals surface area contributed by atoms with Crippen molar-refractivity contribution in [2.75, 3.05) is 13.2 Å². The summed E-state index contributed by atoms with van der Waals surface area (Å²) in [5, 5.41) is 0. The summed E-state index contributed by atoms with van der Waals surface area (Å²) in [7, 11) is 0. The number of hydrogen-bond acceptors (Lipinski definition) is 6. The molecule has 0 spiro atoms. The Hall–Kier alpha value is -3.67. The van der Waals surface area contributed by atoms with Crippen LogP contribution in [0.15, 0.2) is 97.2 Å². The van der Waals surface area contributed by atoms with Crippen molar-refractivity contribution in [1.29, 1.82) is 0 Å². The lowest BCUT2D eigenvalue weighted by Gasteiger charge is -2.18. The van der Waals surface area contributed by atoms with Crippen LogP contribution in [0.5, 0.6) is 0 Å². The molecule has 0 amide bonds. The van der Waals surface area contributed by atoms with Crippen molar-refractivity contribution in [3.05, 3.63) is 97.2 Å². The summed E-state index contributed by atoms with van der Waals surface area (Å²) in [5.41, 5.74) is 0. The van der Waals surface area contributed by atoms with E-state index in [0.29, 0.717) is 19.3 Å². The maximum absolute atomic E-state index is 13.0. The fourth-order valence-corrected chi connectivity index (χ4v) is 10.3. The Labute approximate surface area is 515 Å². The number of hydrogen-bond donors (Lipinski definition) is 0. The third kappa shape index (κ3) is 69.0. The number of carbonyl (C=O) groups is 3. The molecule has 0 saturated carbocycles. The van der Waals surface area contributed by atoms with Gasteiger partial charge in [0, 0.05) is 19.3 Å². The van der Waals surface area contributed by atoms with E-state index < -0.39 is 6.10 Å². The van der Waals surface area contributed by atoms with Gasteiger partial charge in [-0.1, -0.05) is 336 Å². The lowest BCUT2D eigenvalue weighted by atomic mass is 10.0. The minimum absolute atomic E-state index is 0.0932. The average Bonchev–Trinajstić information content (AvgIpc) is 3.49. The summed E-state index contributed by atoms with van der Waals surface area (Å²) in [6.45, 7) is 6.53. The molecule has 0 aliphatic carbocycles. The number of carbonyl (C=O) groups excluding carboxylic acids is 3. The third-order valence-electron chi connectivity index (χ3n) is 15.6. The first-order valence-corrected chi connectivity index (χ1v) is 35.7. The van der Waals surface area contributed by atoms with Gasteiger partial charge in [0.2, 0.25) is 0 Å². The number of allylic oxidation sites excluding steroid dienone is 16. The lowest BCUT2D eigenvalue weighted by Crippen LogP contribution is -2.30. The topological polar surface area (TPSA) is 78.9 Å². The van der Waals surface area contributed by atoms with E-state index >= 15 is 0 Å². The molecule has 0 rings (SSSR count). The quantitative estimate of drug-likeness (QED) is 0.0261. The Bertz CT molecular complexity index is 1610. The van der Waals surface area contributed by atoms with E-state index in [1.54, 1.807) is 0 Å². The van der Waals surface area contributed by atoms with Gasteiger partial charge in [0.25, 0.3) is 0 Å². The second kappa shape index (κ2) is 70.8. The molecule has 0 aliphatic heterocycles. The van der Waals surface area contributed by atoms with Crippen molar-refractivity contribution in [2.24, 2.45) is 0 Å². The van der Waals surface area contributed by atoms with Crippen molar-refractivity contribution in [2.45, 2.75) is 361 Å². The van der Waals surface area contributed by atoms with Crippen LogP contribution < -0.4 is 0 Å². The van der Waals surface area contributed by atoms with E-state index in [4.69, 9.17) is 14.2 Å². The van der Waals surface area contributed by atoms with Crippen LogP contribution in [0.25, 0.3) is 0 Å². The van der Waals surface area contributed by atoms with E-state index in [-0.39, 0.29) is 37.5 Å². The summed E-state index contributed by atoms with van der Waals surface area (Å²) >= 11 is 0. The lowest BCUT2D eigenvalue weighted by molar-refractivity contribution is -0.167. The summed E-state index contributed by atoms with van der Waals surface area (Å²) < 4.78 is 17.0. The molecule has 0 radical (unpaired) electrons. The molecule has 0 saturated heterocycles. The first kappa shape index (κ1) is 79.3. The van der Waals surface area contributed by atoms with Gasteiger partial charge in [-0.15, -0.1) is 0 Å². The second-order valence-corrected chi connectivity index (χ2v) is 23.8. The number of esters is 3. The van der Waals surface area contributed by atoms with Gasteiger partial charge in [0.05, 0.1) is 0 Å². The monoisotopic (exact) mass is 1160 g/mol. The van der Waals surface area contributed by atoms with Gasteiger partial charge in [0.15, 0.2) is 6.10 Å². The minimum atomic E-state index is -0.804. The maximum Gasteiger partial charge on any atom is 0.306 e. The zero-order chi connectivity index (χ0) is 59.9. The zero-order valence-corrected chi connectivity index (χ0v) is 54.9. The molecular formula is C77H134O6. The highest BCUT2D eigenvalue weighted by Crippen LogP contribution is 2.18. The molecule has 0 bridgehead atoms. The van der Waals surface area contributed by atoms with Crippen molar-refractivity contribution in [1.82, 2.24) is 0 Å². The molecule has 0 heterocycles. The van der Waals surface area contributed by atoms with E-state index in [0.717, 1.165) is 89.9 Å². The normalized spacial score (nSPS) is 12.7. The van der Waals surface area contributed by atoms with Gasteiger partial charge in [-0.25, -0.2) is 0 Å². The van der Waals surface area contributed by atoms with Gasteiger partial charge in [0.1, 0.15) is 13.2 Å². The highest BCUT2D eigenvalue weighted by atomic mass is 16.6. The summed E-state index contributed by atoms with van der Waals surface area (Å²) in [6.07, 6.45) is 95.8. The van der Waals surface area contributed by atoms with Gasteiger partial charge < -0.3 is 14.2 Å². The highest BCUT2D eigenvalue weighted by Gasteiger charge is 2.19. The molecule has 0 aromatic heterocycles. The molecular weight excluding hydrogens is 1020 g/mol. The molecule has 0 fully saturated rings. The molecule has 83 heavy (non-hydrogen) atoms. The fraction of sp³-hybridized carbons (Fsp3) is 0.753. The predicted octanol–water partition coefficient (Wildman–Crippen LogP) is 24.8. The minimum Gasteiger partial charge on any atom is -0.462 e. The van der Waals surface area contributed by atoms with Crippen molar-refractivity contribution < 1.29 is 28.6 Å². The fourth-order valence-electron chi connectivity index (χ4n) is 10.3. The number of ether oxygens (including phenoxy) is 3. The van der Waals surface area contributed by atoms with Crippen LogP contribution >= 0.6 is 0 Å². The van der Waals surface area contributed by atoms with E-state index in [1.165, 1.54) is 218 Å². The number of rotatable bonds is 65. The van der Waals surface area contributed by atoms with Crippen molar-refractivity contribution >= 4 is 17.9 Å². The molecule has 0 aromatic carbocycles. The second-order valence-electron chi connectivity index (χ2n) is 23.8. The van der Waals surface area contributed by atoms with Crippen LogP contribution in [-0.4, -0.2) is 37.2 Å². The standard InChI is InChI=1S/C77H134O6/c1-4-7-10-13-16-19-22-25-28-31-34-37-38-41-43-46-49-52-55-58-61-64-67-70-76(79)82-73-74(83-77(80)71-68-65-62-59-56-53-50-47-44-40-36-33-30-27-24-21-18-15-12-9-6-3)72-81-75(78)69-66-63-60-57-54-51-48-45-42-39-35-32-29-26-23-20-17-14-11-8-5-2/h7,10,16,19,25,28,33-34,36-37,41,43,49,52,58,61,74H,4-6,8-9,11-15,17-18,20-24,26-27,29-32,35,38-40,42,44-48,50-51,53-57,59-60,62-73H2,1-3H3/b10-7-,19-16-,28-25-,36-33-,37-34-,43-41-,52-49-,61-58-. The van der Waals surface area contributed by atoms with Crippen molar-refractivity contribution in [3.63, 3.8) is 0 Å². The largest absolute Gasteiger partial charge is 0.462 e. The summed E-state index contributed by atoms with van der Waals surface area (Å²) in [6, 6.07) is 0. The Kier molecular flexibility index (Phi) is 67.7. The molecule has 1 unspecified atom stereocenters. The van der Waals surface area contributed by atoms with E-state index in [2.05, 4.69) is 118 Å². The van der Waals surface area contributed by atoms with Crippen molar-refractivity contribution in [3.8, 4) is 0 Å². The molecule has 6 heteroatoms. The van der Waals surface area contributed by atoms with Crippen LogP contribution in [0, 0.1) is 0 Å². The molecule has 6 nitrogen and oxygen atoms in total. The first-order chi connectivity index (χ1) is 41.0. The Morgan fingerprint density at radius 2 is 0.482 bits per heavy atom. The summed E-state index contributed by atoms with van der Waals surface area (Å²) in [4.78, 5) is 38.5. The van der Waals surface area contributed by atoms with Crippen LogP contribution in [0.1, 0.15) is 355 Å². The average molecular weight is 1160 g/mol. The molecule has 0 N–H and O–H groups in total. The van der Waals surface area contributed by atoms with Gasteiger partial charge in [-0.3, -0.25) is 14.4 Å². The zero-order valence-electron chi connectivity index (χ0n) is 54.9. The van der Waals surface area contributed by atoms with Gasteiger partial charge in [-0.2, -0.15) is 0 Å². The molecule has 478 valence electrons. The van der Waals surface area contributed by atoms with Crippen LogP contribution in [0.4, 0.5) is 0 Å². The molecule has 1 atom stereocenters.